The largest absolute Gasteiger partial charge is 0.380 e. The summed E-state index contributed by atoms with van der Waals surface area (Å²) in [5.74, 6) is 0.714. The second kappa shape index (κ2) is 5.29. The molecule has 1 fully saturated rings. The van der Waals surface area contributed by atoms with Crippen molar-refractivity contribution in [2.45, 2.75) is 18.9 Å². The zero-order chi connectivity index (χ0) is 10.5. The summed E-state index contributed by atoms with van der Waals surface area (Å²) in [7, 11) is 1.80. The van der Waals surface area contributed by atoms with Gasteiger partial charge in [0.05, 0.1) is 6.10 Å². The van der Waals surface area contributed by atoms with Crippen LogP contribution in [0.25, 0.3) is 0 Å². The van der Waals surface area contributed by atoms with Gasteiger partial charge in [-0.1, -0.05) is 30.3 Å². The summed E-state index contributed by atoms with van der Waals surface area (Å²) in [6.45, 7) is 2.12. The van der Waals surface area contributed by atoms with Gasteiger partial charge in [0.2, 0.25) is 0 Å². The summed E-state index contributed by atoms with van der Waals surface area (Å²) in [5, 5.41) is 3.43. The first-order valence-electron chi connectivity index (χ1n) is 5.66. The normalized spacial score (nSPS) is 26.5. The predicted molar refractivity (Wildman–Crippen MR) is 61.9 cm³/mol. The Kier molecular flexibility index (Phi) is 3.75. The maximum Gasteiger partial charge on any atom is 0.0698 e. The summed E-state index contributed by atoms with van der Waals surface area (Å²) in [4.78, 5) is 0. The van der Waals surface area contributed by atoms with Crippen molar-refractivity contribution >= 4 is 0 Å². The number of hydrogen-bond acceptors (Lipinski definition) is 2. The Labute approximate surface area is 91.6 Å². The number of hydrogen-bond donors (Lipinski definition) is 1. The second-order valence-corrected chi connectivity index (χ2v) is 4.31. The minimum absolute atomic E-state index is 0.396. The van der Waals surface area contributed by atoms with E-state index in [1.807, 2.05) is 0 Å². The molecule has 1 aliphatic rings. The molecule has 15 heavy (non-hydrogen) atoms. The Morgan fingerprint density at radius 1 is 1.27 bits per heavy atom. The molecule has 2 atom stereocenters. The lowest BCUT2D eigenvalue weighted by Gasteiger charge is -2.29. The molecule has 1 aliphatic heterocycles. The zero-order valence-electron chi connectivity index (χ0n) is 9.28. The van der Waals surface area contributed by atoms with Crippen LogP contribution >= 0.6 is 0 Å². The van der Waals surface area contributed by atoms with Gasteiger partial charge in [0.25, 0.3) is 0 Å². The van der Waals surface area contributed by atoms with E-state index in [1.165, 1.54) is 12.0 Å². The van der Waals surface area contributed by atoms with E-state index in [-0.39, 0.29) is 0 Å². The van der Waals surface area contributed by atoms with Gasteiger partial charge in [-0.25, -0.2) is 0 Å². The van der Waals surface area contributed by atoms with Gasteiger partial charge >= 0.3 is 0 Å². The van der Waals surface area contributed by atoms with E-state index in [9.17, 15) is 0 Å². The van der Waals surface area contributed by atoms with Crippen LogP contribution in [0, 0.1) is 5.92 Å². The number of rotatable bonds is 3. The van der Waals surface area contributed by atoms with Gasteiger partial charge in [0.15, 0.2) is 0 Å². The first kappa shape index (κ1) is 10.7. The summed E-state index contributed by atoms with van der Waals surface area (Å²) < 4.78 is 5.40. The van der Waals surface area contributed by atoms with Crippen LogP contribution in [0.5, 0.6) is 0 Å². The standard InChI is InChI=1S/C13H19NO/c1-15-13-8-12(9-14-10-13)7-11-5-3-2-4-6-11/h2-6,12-14H,7-10H2,1H3/t12?,13-/m1/s1. The Morgan fingerprint density at radius 2 is 2.07 bits per heavy atom. The molecule has 1 heterocycles. The van der Waals surface area contributed by atoms with E-state index in [0.717, 1.165) is 19.5 Å². The number of ether oxygens (including phenoxy) is 1. The van der Waals surface area contributed by atoms with E-state index in [4.69, 9.17) is 4.74 Å². The SMILES string of the molecule is CO[C@H]1CNCC(Cc2ccccc2)C1. The molecule has 0 amide bonds. The van der Waals surface area contributed by atoms with Crippen molar-refractivity contribution in [3.63, 3.8) is 0 Å². The molecule has 2 heteroatoms. The van der Waals surface area contributed by atoms with Crippen molar-refractivity contribution in [1.29, 1.82) is 0 Å². The predicted octanol–water partition coefficient (Wildman–Crippen LogP) is 1.85. The minimum atomic E-state index is 0.396. The summed E-state index contributed by atoms with van der Waals surface area (Å²) in [6, 6.07) is 10.7. The van der Waals surface area contributed by atoms with Gasteiger partial charge in [-0.15, -0.1) is 0 Å². The molecular weight excluding hydrogens is 186 g/mol. The topological polar surface area (TPSA) is 21.3 Å². The van der Waals surface area contributed by atoms with Crippen molar-refractivity contribution in [2.24, 2.45) is 5.92 Å². The van der Waals surface area contributed by atoms with Crippen LogP contribution < -0.4 is 5.32 Å². The van der Waals surface area contributed by atoms with Crippen LogP contribution in [0.4, 0.5) is 0 Å². The van der Waals surface area contributed by atoms with Crippen molar-refractivity contribution in [1.82, 2.24) is 5.32 Å². The highest BCUT2D eigenvalue weighted by Gasteiger charge is 2.21. The third kappa shape index (κ3) is 3.05. The maximum absolute atomic E-state index is 5.40. The van der Waals surface area contributed by atoms with Gasteiger partial charge in [0, 0.05) is 13.7 Å². The van der Waals surface area contributed by atoms with Crippen molar-refractivity contribution in [2.75, 3.05) is 20.2 Å². The van der Waals surface area contributed by atoms with E-state index in [2.05, 4.69) is 35.6 Å². The van der Waals surface area contributed by atoms with Gasteiger partial charge in [-0.2, -0.15) is 0 Å². The molecule has 2 nitrogen and oxygen atoms in total. The third-order valence-corrected chi connectivity index (χ3v) is 3.10. The molecule has 1 aromatic carbocycles. The molecule has 0 bridgehead atoms. The molecular formula is C13H19NO. The van der Waals surface area contributed by atoms with Crippen LogP contribution in [0.3, 0.4) is 0 Å². The van der Waals surface area contributed by atoms with Gasteiger partial charge in [0.1, 0.15) is 0 Å². The second-order valence-electron chi connectivity index (χ2n) is 4.31. The fraction of sp³-hybridized carbons (Fsp3) is 0.538. The lowest BCUT2D eigenvalue weighted by Crippen LogP contribution is -2.41. The maximum atomic E-state index is 5.40. The number of nitrogens with one attached hydrogen (secondary N) is 1. The Balaban J connectivity index is 1.89. The minimum Gasteiger partial charge on any atom is -0.380 e. The van der Waals surface area contributed by atoms with Crippen LogP contribution in [0.15, 0.2) is 30.3 Å². The molecule has 0 aliphatic carbocycles. The van der Waals surface area contributed by atoms with Crippen LogP contribution in [-0.2, 0) is 11.2 Å². The molecule has 0 spiro atoms. The number of methoxy groups -OCH3 is 1. The smallest absolute Gasteiger partial charge is 0.0698 e. The first-order valence-corrected chi connectivity index (χ1v) is 5.66. The summed E-state index contributed by atoms with van der Waals surface area (Å²) in [5.41, 5.74) is 1.43. The third-order valence-electron chi connectivity index (χ3n) is 3.10. The average Bonchev–Trinajstić information content (AvgIpc) is 2.31. The molecule has 1 saturated heterocycles. The fourth-order valence-corrected chi connectivity index (χ4v) is 2.27. The molecule has 1 unspecified atom stereocenters. The highest BCUT2D eigenvalue weighted by molar-refractivity contribution is 5.15. The Morgan fingerprint density at radius 3 is 2.80 bits per heavy atom. The van der Waals surface area contributed by atoms with Crippen LogP contribution in [0.2, 0.25) is 0 Å². The van der Waals surface area contributed by atoms with Gasteiger partial charge in [-0.05, 0) is 30.9 Å². The number of benzene rings is 1. The molecule has 82 valence electrons. The first-order chi connectivity index (χ1) is 7.38. The van der Waals surface area contributed by atoms with Crippen molar-refractivity contribution < 1.29 is 4.74 Å². The number of piperidine rings is 1. The summed E-state index contributed by atoms with van der Waals surface area (Å²) in [6.07, 6.45) is 2.74. The lowest BCUT2D eigenvalue weighted by molar-refractivity contribution is 0.0617. The van der Waals surface area contributed by atoms with E-state index >= 15 is 0 Å². The highest BCUT2D eigenvalue weighted by atomic mass is 16.5. The molecule has 0 aromatic heterocycles. The highest BCUT2D eigenvalue weighted by Crippen LogP contribution is 2.17. The molecule has 2 rings (SSSR count). The molecule has 1 aromatic rings. The van der Waals surface area contributed by atoms with Gasteiger partial charge < -0.3 is 10.1 Å². The molecule has 1 N–H and O–H groups in total. The quantitative estimate of drug-likeness (QED) is 0.813. The van der Waals surface area contributed by atoms with Crippen molar-refractivity contribution in [3.05, 3.63) is 35.9 Å². The molecule has 0 saturated carbocycles. The fourth-order valence-electron chi connectivity index (χ4n) is 2.27. The van der Waals surface area contributed by atoms with E-state index in [1.54, 1.807) is 7.11 Å². The van der Waals surface area contributed by atoms with E-state index < -0.39 is 0 Å². The Bertz CT molecular complexity index is 286. The molecule has 0 radical (unpaired) electrons. The summed E-state index contributed by atoms with van der Waals surface area (Å²) >= 11 is 0. The van der Waals surface area contributed by atoms with E-state index in [0.29, 0.717) is 12.0 Å². The zero-order valence-corrected chi connectivity index (χ0v) is 9.28. The Hall–Kier alpha value is -0.860. The lowest BCUT2D eigenvalue weighted by atomic mass is 9.91. The monoisotopic (exact) mass is 205 g/mol. The van der Waals surface area contributed by atoms with Crippen LogP contribution in [0.1, 0.15) is 12.0 Å². The van der Waals surface area contributed by atoms with Crippen molar-refractivity contribution in [3.8, 4) is 0 Å². The van der Waals surface area contributed by atoms with Crippen LogP contribution in [-0.4, -0.2) is 26.3 Å². The van der Waals surface area contributed by atoms with Gasteiger partial charge in [-0.3, -0.25) is 0 Å². The average molecular weight is 205 g/mol.